The van der Waals surface area contributed by atoms with Crippen molar-refractivity contribution in [2.24, 2.45) is 0 Å². The molecule has 2 unspecified atom stereocenters. The zero-order valence-corrected chi connectivity index (χ0v) is 15.3. The van der Waals surface area contributed by atoms with Gasteiger partial charge in [-0.2, -0.15) is 0 Å². The van der Waals surface area contributed by atoms with Crippen molar-refractivity contribution >= 4 is 17.6 Å². The summed E-state index contributed by atoms with van der Waals surface area (Å²) in [6.07, 6.45) is -0.0198. The molecule has 1 saturated heterocycles. The molecule has 6 nitrogen and oxygen atoms in total. The van der Waals surface area contributed by atoms with E-state index in [2.05, 4.69) is 0 Å². The average molecular weight is 373 g/mol. The van der Waals surface area contributed by atoms with Crippen LogP contribution in [0.15, 0.2) is 24.3 Å². The molecule has 0 amide bonds. The highest BCUT2D eigenvalue weighted by Gasteiger charge is 2.33. The van der Waals surface area contributed by atoms with Crippen LogP contribution in [0.1, 0.15) is 25.8 Å². The number of benzene rings is 1. The van der Waals surface area contributed by atoms with Gasteiger partial charge in [-0.1, -0.05) is 12.1 Å². The zero-order valence-electron chi connectivity index (χ0n) is 14.6. The number of hydrogen-bond donors (Lipinski definition) is 1. The first kappa shape index (κ1) is 20.0. The summed E-state index contributed by atoms with van der Waals surface area (Å²) in [5.41, 5.74) is 1.00. The van der Waals surface area contributed by atoms with Crippen molar-refractivity contribution in [1.29, 1.82) is 0 Å². The first-order valence-corrected chi connectivity index (χ1v) is 8.84. The SMILES string of the molecule is CC1(C)OCC(COC(=O)CCc2ccc(OCC(O)CCl)cc2)O1. The Labute approximate surface area is 153 Å². The largest absolute Gasteiger partial charge is 0.491 e. The summed E-state index contributed by atoms with van der Waals surface area (Å²) in [6.45, 7) is 4.45. The number of aliphatic hydroxyl groups is 1. The maximum Gasteiger partial charge on any atom is 0.306 e. The zero-order chi connectivity index (χ0) is 18.3. The van der Waals surface area contributed by atoms with Crippen LogP contribution in [0.3, 0.4) is 0 Å². The Morgan fingerprint density at radius 3 is 2.72 bits per heavy atom. The van der Waals surface area contributed by atoms with Gasteiger partial charge < -0.3 is 24.1 Å². The average Bonchev–Trinajstić information content (AvgIpc) is 2.95. The fraction of sp³-hybridized carbons (Fsp3) is 0.611. The predicted octanol–water partition coefficient (Wildman–Crippen LogP) is 2.29. The van der Waals surface area contributed by atoms with E-state index in [0.29, 0.717) is 25.2 Å². The quantitative estimate of drug-likeness (QED) is 0.529. The van der Waals surface area contributed by atoms with Gasteiger partial charge in [-0.3, -0.25) is 4.79 Å². The minimum atomic E-state index is -0.684. The molecule has 1 heterocycles. The molecule has 25 heavy (non-hydrogen) atoms. The molecular formula is C18H25ClO6. The van der Waals surface area contributed by atoms with Gasteiger partial charge in [-0.15, -0.1) is 11.6 Å². The van der Waals surface area contributed by atoms with Crippen molar-refractivity contribution in [2.45, 2.75) is 44.7 Å². The van der Waals surface area contributed by atoms with Gasteiger partial charge in [0.05, 0.1) is 12.5 Å². The van der Waals surface area contributed by atoms with Crippen LogP contribution in [0, 0.1) is 0 Å². The summed E-state index contributed by atoms with van der Waals surface area (Å²) < 4.78 is 21.6. The summed E-state index contributed by atoms with van der Waals surface area (Å²) >= 11 is 5.51. The second kappa shape index (κ2) is 9.38. The number of hydrogen-bond acceptors (Lipinski definition) is 6. The molecule has 1 aromatic carbocycles. The lowest BCUT2D eigenvalue weighted by Gasteiger charge is -2.17. The highest BCUT2D eigenvalue weighted by molar-refractivity contribution is 6.18. The van der Waals surface area contributed by atoms with Crippen molar-refractivity contribution < 1.29 is 28.8 Å². The molecule has 0 aromatic heterocycles. The molecule has 1 fully saturated rings. The van der Waals surface area contributed by atoms with Crippen LogP contribution in [0.4, 0.5) is 0 Å². The lowest BCUT2D eigenvalue weighted by Crippen LogP contribution is -2.25. The minimum Gasteiger partial charge on any atom is -0.491 e. The molecule has 1 aliphatic rings. The Kier molecular flexibility index (Phi) is 7.50. The third-order valence-corrected chi connectivity index (χ3v) is 4.02. The predicted molar refractivity (Wildman–Crippen MR) is 92.8 cm³/mol. The summed E-state index contributed by atoms with van der Waals surface area (Å²) in [5, 5.41) is 9.35. The van der Waals surface area contributed by atoms with E-state index < -0.39 is 11.9 Å². The highest BCUT2D eigenvalue weighted by atomic mass is 35.5. The van der Waals surface area contributed by atoms with Gasteiger partial charge in [0.2, 0.25) is 0 Å². The van der Waals surface area contributed by atoms with Crippen LogP contribution in [0.2, 0.25) is 0 Å². The summed E-state index contributed by atoms with van der Waals surface area (Å²) in [6, 6.07) is 7.36. The van der Waals surface area contributed by atoms with Gasteiger partial charge in [0.15, 0.2) is 5.79 Å². The van der Waals surface area contributed by atoms with Crippen molar-refractivity contribution in [2.75, 3.05) is 25.7 Å². The van der Waals surface area contributed by atoms with Crippen LogP contribution in [-0.2, 0) is 25.4 Å². The van der Waals surface area contributed by atoms with Gasteiger partial charge in [0.25, 0.3) is 0 Å². The van der Waals surface area contributed by atoms with E-state index in [1.807, 2.05) is 26.0 Å². The Hall–Kier alpha value is -1.34. The minimum absolute atomic E-state index is 0.135. The van der Waals surface area contributed by atoms with Gasteiger partial charge in [0.1, 0.15) is 31.2 Å². The smallest absolute Gasteiger partial charge is 0.306 e. The van der Waals surface area contributed by atoms with E-state index in [1.165, 1.54) is 0 Å². The topological polar surface area (TPSA) is 74.2 Å². The molecule has 7 heteroatoms. The van der Waals surface area contributed by atoms with Gasteiger partial charge in [0, 0.05) is 6.42 Å². The van der Waals surface area contributed by atoms with E-state index in [-0.39, 0.29) is 31.2 Å². The van der Waals surface area contributed by atoms with Crippen LogP contribution in [0.25, 0.3) is 0 Å². The fourth-order valence-corrected chi connectivity index (χ4v) is 2.43. The number of carbonyl (C=O) groups excluding carboxylic acids is 1. The first-order chi connectivity index (χ1) is 11.9. The Bertz CT molecular complexity index is 545. The second-order valence-corrected chi connectivity index (χ2v) is 6.71. The molecule has 0 spiro atoms. The molecular weight excluding hydrogens is 348 g/mol. The van der Waals surface area contributed by atoms with Gasteiger partial charge in [-0.25, -0.2) is 0 Å². The molecule has 2 atom stereocenters. The van der Waals surface area contributed by atoms with Gasteiger partial charge >= 0.3 is 5.97 Å². The number of aryl methyl sites for hydroxylation is 1. The molecule has 1 N–H and O–H groups in total. The van der Waals surface area contributed by atoms with E-state index in [1.54, 1.807) is 12.1 Å². The van der Waals surface area contributed by atoms with Crippen molar-refractivity contribution in [3.63, 3.8) is 0 Å². The summed E-state index contributed by atoms with van der Waals surface area (Å²) in [5.74, 6) is -0.0912. The standard InChI is InChI=1S/C18H25ClO6/c1-18(2)24-12-16(25-18)11-23-17(21)8-5-13-3-6-15(7-4-13)22-10-14(20)9-19/h3-4,6-7,14,16,20H,5,8-12H2,1-2H3. The Morgan fingerprint density at radius 1 is 1.40 bits per heavy atom. The van der Waals surface area contributed by atoms with E-state index in [4.69, 9.17) is 30.5 Å². The number of rotatable bonds is 9. The lowest BCUT2D eigenvalue weighted by atomic mass is 10.1. The molecule has 1 aromatic rings. The second-order valence-electron chi connectivity index (χ2n) is 6.40. The number of ether oxygens (including phenoxy) is 4. The van der Waals surface area contributed by atoms with Crippen molar-refractivity contribution in [3.8, 4) is 5.75 Å². The number of carbonyl (C=O) groups is 1. The number of alkyl halides is 1. The van der Waals surface area contributed by atoms with Crippen molar-refractivity contribution in [1.82, 2.24) is 0 Å². The molecule has 140 valence electrons. The first-order valence-electron chi connectivity index (χ1n) is 8.31. The molecule has 0 radical (unpaired) electrons. The summed E-state index contributed by atoms with van der Waals surface area (Å²) in [4.78, 5) is 11.8. The Morgan fingerprint density at radius 2 is 2.12 bits per heavy atom. The van der Waals surface area contributed by atoms with E-state index >= 15 is 0 Å². The highest BCUT2D eigenvalue weighted by Crippen LogP contribution is 2.22. The molecule has 0 saturated carbocycles. The van der Waals surface area contributed by atoms with Crippen LogP contribution < -0.4 is 4.74 Å². The maximum atomic E-state index is 11.8. The molecule has 0 aliphatic carbocycles. The monoisotopic (exact) mass is 372 g/mol. The Balaban J connectivity index is 1.66. The summed E-state index contributed by atoms with van der Waals surface area (Å²) in [7, 11) is 0. The molecule has 1 aliphatic heterocycles. The lowest BCUT2D eigenvalue weighted by molar-refractivity contribution is -0.158. The molecule has 2 rings (SSSR count). The van der Waals surface area contributed by atoms with E-state index in [9.17, 15) is 9.90 Å². The number of esters is 1. The van der Waals surface area contributed by atoms with E-state index in [0.717, 1.165) is 5.56 Å². The third kappa shape index (κ3) is 7.20. The normalized spacial score (nSPS) is 20.2. The van der Waals surface area contributed by atoms with Crippen LogP contribution in [0.5, 0.6) is 5.75 Å². The van der Waals surface area contributed by atoms with Gasteiger partial charge in [-0.05, 0) is 38.0 Å². The van der Waals surface area contributed by atoms with Crippen LogP contribution in [-0.4, -0.2) is 54.8 Å². The number of aliphatic hydroxyl groups excluding tert-OH is 1. The third-order valence-electron chi connectivity index (χ3n) is 3.66. The van der Waals surface area contributed by atoms with Crippen molar-refractivity contribution in [3.05, 3.63) is 29.8 Å². The molecule has 0 bridgehead atoms. The number of halogens is 1. The fourth-order valence-electron chi connectivity index (χ4n) is 2.34. The van der Waals surface area contributed by atoms with Crippen LogP contribution >= 0.6 is 11.6 Å². The maximum absolute atomic E-state index is 11.8.